The molecule has 0 unspecified atom stereocenters. The molecule has 16 heteroatoms. The van der Waals surface area contributed by atoms with Gasteiger partial charge >= 0.3 is 18.0 Å². The molecule has 2 amide bonds. The molecule has 262 valence electrons. The summed E-state index contributed by atoms with van der Waals surface area (Å²) < 4.78 is 34.2. The monoisotopic (exact) mass is 725 g/mol. The number of esters is 1. The zero-order valence-electron chi connectivity index (χ0n) is 27.0. The van der Waals surface area contributed by atoms with E-state index in [-0.39, 0.29) is 29.2 Å². The fraction of sp³-hybridized carbons (Fsp3) is 0.382. The number of anilines is 2. The Labute approximate surface area is 295 Å². The lowest BCUT2D eigenvalue weighted by Crippen LogP contribution is -2.53. The first-order chi connectivity index (χ1) is 24.1. The molecule has 3 fully saturated rings. The Bertz CT molecular complexity index is 1880. The third kappa shape index (κ3) is 6.64. The Balaban J connectivity index is 1.12. The number of carboxylic acid groups (broad SMARTS) is 1. The molecule has 4 aliphatic heterocycles. The summed E-state index contributed by atoms with van der Waals surface area (Å²) in [5.74, 6) is -2.41. The van der Waals surface area contributed by atoms with Gasteiger partial charge in [0.1, 0.15) is 17.7 Å². The number of aliphatic imine (C=N–C) groups is 1. The topological polar surface area (TPSA) is 131 Å². The van der Waals surface area contributed by atoms with Crippen LogP contribution in [0.25, 0.3) is 0 Å². The maximum atomic E-state index is 15.0. The van der Waals surface area contributed by atoms with Crippen molar-refractivity contribution in [1.82, 2.24) is 20.1 Å². The number of hydrogen-bond donors (Lipinski definition) is 2. The number of hydrogen-bond acceptors (Lipinski definition) is 10. The predicted octanol–water partition coefficient (Wildman–Crippen LogP) is 4.52. The van der Waals surface area contributed by atoms with Gasteiger partial charge in [-0.1, -0.05) is 17.7 Å². The number of halogens is 3. The third-order valence-corrected chi connectivity index (χ3v) is 10.7. The van der Waals surface area contributed by atoms with Gasteiger partial charge in [0.15, 0.2) is 10.8 Å². The van der Waals surface area contributed by atoms with Gasteiger partial charge in [-0.05, 0) is 43.2 Å². The Kier molecular flexibility index (Phi) is 9.46. The van der Waals surface area contributed by atoms with Crippen LogP contribution in [0, 0.1) is 17.6 Å². The van der Waals surface area contributed by atoms with Crippen LogP contribution in [-0.2, 0) is 14.3 Å². The van der Waals surface area contributed by atoms with Crippen LogP contribution in [0.3, 0.4) is 0 Å². The quantitative estimate of drug-likeness (QED) is 0.322. The van der Waals surface area contributed by atoms with E-state index < -0.39 is 35.5 Å². The van der Waals surface area contributed by atoms with Crippen molar-refractivity contribution in [2.45, 2.75) is 24.9 Å². The molecule has 2 atom stereocenters. The van der Waals surface area contributed by atoms with Crippen LogP contribution < -0.4 is 15.1 Å². The van der Waals surface area contributed by atoms with Gasteiger partial charge in [-0.2, -0.15) is 0 Å². The van der Waals surface area contributed by atoms with E-state index in [4.69, 9.17) is 21.3 Å². The zero-order chi connectivity index (χ0) is 35.1. The first-order valence-electron chi connectivity index (χ1n) is 16.2. The molecule has 3 saturated heterocycles. The zero-order valence-corrected chi connectivity index (χ0v) is 28.6. The number of piperidine rings is 1. The van der Waals surface area contributed by atoms with Crippen LogP contribution >= 0.6 is 22.9 Å². The summed E-state index contributed by atoms with van der Waals surface area (Å²) in [5, 5.41) is 15.2. The van der Waals surface area contributed by atoms with Crippen molar-refractivity contribution < 1.29 is 33.0 Å². The van der Waals surface area contributed by atoms with Gasteiger partial charge in [-0.25, -0.2) is 23.4 Å². The van der Waals surface area contributed by atoms with Gasteiger partial charge in [0.05, 0.1) is 30.3 Å². The second-order valence-corrected chi connectivity index (χ2v) is 13.9. The highest BCUT2D eigenvalue weighted by Gasteiger charge is 2.43. The van der Waals surface area contributed by atoms with Crippen LogP contribution in [0.15, 0.2) is 64.2 Å². The molecule has 3 aromatic rings. The van der Waals surface area contributed by atoms with Crippen molar-refractivity contribution in [2.24, 2.45) is 10.9 Å². The van der Waals surface area contributed by atoms with Crippen LogP contribution in [0.2, 0.25) is 5.02 Å². The van der Waals surface area contributed by atoms with Crippen LogP contribution in [0.4, 0.5) is 25.0 Å². The van der Waals surface area contributed by atoms with Crippen molar-refractivity contribution in [3.05, 3.63) is 86.5 Å². The molecule has 4 aliphatic rings. The molecule has 50 heavy (non-hydrogen) atoms. The molecule has 2 N–H and O–H groups in total. The number of rotatable bonds is 8. The summed E-state index contributed by atoms with van der Waals surface area (Å²) in [7, 11) is 1.28. The highest BCUT2D eigenvalue weighted by atomic mass is 35.5. The summed E-state index contributed by atoms with van der Waals surface area (Å²) in [4.78, 5) is 55.1. The largest absolute Gasteiger partial charge is 0.481 e. The SMILES string of the molecule is COC(=O)C1=C(CN2CCN3C(=O)N(c4cc(F)cc(N5CCC(C(=O)O)CC5)c4)C[C@@H]3C2)NC(c2nccs2)=N[C@H]1c1ccc(F)cc1Cl. The van der Waals surface area contributed by atoms with Crippen LogP contribution in [0.1, 0.15) is 29.5 Å². The third-order valence-electron chi connectivity index (χ3n) is 9.63. The highest BCUT2D eigenvalue weighted by Crippen LogP contribution is 2.38. The summed E-state index contributed by atoms with van der Waals surface area (Å²) in [6.07, 6.45) is 2.58. The number of piperazine rings is 1. The number of benzene rings is 2. The van der Waals surface area contributed by atoms with E-state index in [0.29, 0.717) is 85.6 Å². The molecule has 12 nitrogen and oxygen atoms in total. The standard InChI is InChI=1S/C34H34ClF2N7O5S/c1-49-33(47)28-27(39-30(31-38-6-11-50-31)40-29(28)25-3-2-20(36)14-26(25)35)18-41-9-10-43-24(16-41)17-44(34(43)48)23-13-21(37)12-22(15-23)42-7-4-19(5-8-42)32(45)46/h2-3,6,11-15,19,24,29H,4-5,7-10,16-18H2,1H3,(H,39,40)(H,45,46)/t24-,29-/m0/s1. The first-order valence-corrected chi connectivity index (χ1v) is 17.4. The van der Waals surface area contributed by atoms with Gasteiger partial charge in [0, 0.05) is 79.4 Å². The molecule has 2 aromatic carbocycles. The summed E-state index contributed by atoms with van der Waals surface area (Å²) in [6.45, 7) is 2.95. The number of ether oxygens (including phenoxy) is 1. The van der Waals surface area contributed by atoms with Crippen molar-refractivity contribution in [1.29, 1.82) is 0 Å². The molecule has 0 spiro atoms. The summed E-state index contributed by atoms with van der Waals surface area (Å²) in [5.41, 5.74) is 2.25. The van der Waals surface area contributed by atoms with Crippen molar-refractivity contribution >= 4 is 58.1 Å². The number of amidine groups is 1. The minimum atomic E-state index is -0.896. The maximum absolute atomic E-state index is 15.0. The van der Waals surface area contributed by atoms with Crippen LogP contribution in [0.5, 0.6) is 0 Å². The summed E-state index contributed by atoms with van der Waals surface area (Å²) in [6, 6.07) is 7.18. The number of fused-ring (bicyclic) bond motifs is 1. The molecule has 0 aliphatic carbocycles. The minimum Gasteiger partial charge on any atom is -0.481 e. The van der Waals surface area contributed by atoms with Gasteiger partial charge in [0.25, 0.3) is 0 Å². The van der Waals surface area contributed by atoms with E-state index in [1.165, 1.54) is 48.8 Å². The van der Waals surface area contributed by atoms with Crippen LogP contribution in [-0.4, -0.2) is 103 Å². The number of nitrogens with zero attached hydrogens (tertiary/aromatic N) is 6. The van der Waals surface area contributed by atoms with Crippen molar-refractivity contribution in [3.8, 4) is 0 Å². The normalized spacial score (nSPS) is 21.6. The fourth-order valence-electron chi connectivity index (χ4n) is 7.10. The molecule has 0 saturated carbocycles. The first kappa shape index (κ1) is 33.9. The van der Waals surface area contributed by atoms with Gasteiger partial charge in [0.2, 0.25) is 0 Å². The number of methoxy groups -OCH3 is 1. The van der Waals surface area contributed by atoms with Gasteiger partial charge in [-0.3, -0.25) is 19.6 Å². The average molecular weight is 726 g/mol. The van der Waals surface area contributed by atoms with E-state index in [0.717, 1.165) is 0 Å². The lowest BCUT2D eigenvalue weighted by atomic mass is 9.95. The molecular formula is C34H34ClF2N7O5S. The number of aliphatic carboxylic acids is 1. The van der Waals surface area contributed by atoms with Gasteiger partial charge < -0.3 is 25.0 Å². The van der Waals surface area contributed by atoms with E-state index >= 15 is 0 Å². The summed E-state index contributed by atoms with van der Waals surface area (Å²) >= 11 is 7.86. The number of carbonyl (C=O) groups excluding carboxylic acids is 2. The molecule has 5 heterocycles. The molecule has 7 rings (SSSR count). The number of thiazole rings is 1. The van der Waals surface area contributed by atoms with E-state index in [2.05, 4.69) is 15.2 Å². The van der Waals surface area contributed by atoms with Gasteiger partial charge in [-0.15, -0.1) is 11.3 Å². The van der Waals surface area contributed by atoms with E-state index in [1.54, 1.807) is 22.1 Å². The molecule has 0 radical (unpaired) electrons. The number of carbonyl (C=O) groups is 3. The molecule has 1 aromatic heterocycles. The number of amides is 2. The number of carboxylic acids is 1. The second-order valence-electron chi connectivity index (χ2n) is 12.6. The van der Waals surface area contributed by atoms with E-state index in [1.807, 2.05) is 10.3 Å². The Morgan fingerprint density at radius 3 is 2.54 bits per heavy atom. The number of aromatic nitrogens is 1. The Hall–Kier alpha value is -4.60. The predicted molar refractivity (Wildman–Crippen MR) is 184 cm³/mol. The average Bonchev–Trinajstić information content (AvgIpc) is 3.76. The molecular weight excluding hydrogens is 692 g/mol. The fourth-order valence-corrected chi connectivity index (χ4v) is 7.96. The molecule has 0 bridgehead atoms. The number of nitrogens with one attached hydrogen (secondary N) is 1. The lowest BCUT2D eigenvalue weighted by molar-refractivity contribution is -0.142. The smallest absolute Gasteiger partial charge is 0.338 e. The highest BCUT2D eigenvalue weighted by molar-refractivity contribution is 7.11. The minimum absolute atomic E-state index is 0.114. The second kappa shape index (κ2) is 14.0. The van der Waals surface area contributed by atoms with E-state index in [9.17, 15) is 28.3 Å². The van der Waals surface area contributed by atoms with Crippen molar-refractivity contribution in [3.63, 3.8) is 0 Å². The Morgan fingerprint density at radius 1 is 1.06 bits per heavy atom. The Morgan fingerprint density at radius 2 is 1.84 bits per heavy atom. The van der Waals surface area contributed by atoms with Crippen molar-refractivity contribution in [2.75, 3.05) is 62.7 Å². The lowest BCUT2D eigenvalue weighted by Gasteiger charge is -2.38. The maximum Gasteiger partial charge on any atom is 0.338 e. The number of urea groups is 1.